The predicted molar refractivity (Wildman–Crippen MR) is 85.3 cm³/mol. The summed E-state index contributed by atoms with van der Waals surface area (Å²) in [4.78, 5) is 26.0. The Morgan fingerprint density at radius 2 is 1.59 bits per heavy atom. The van der Waals surface area contributed by atoms with E-state index in [1.165, 1.54) is 4.90 Å². The molecule has 0 unspecified atom stereocenters. The number of carbonyl (C=O) groups excluding carboxylic acids is 2. The summed E-state index contributed by atoms with van der Waals surface area (Å²) in [6, 6.07) is 18.5. The van der Waals surface area contributed by atoms with E-state index in [-0.39, 0.29) is 24.3 Å². The zero-order chi connectivity index (χ0) is 15.5. The number of benzene rings is 2. The van der Waals surface area contributed by atoms with E-state index in [4.69, 9.17) is 0 Å². The Balaban J connectivity index is 1.74. The molecule has 2 atom stereocenters. The molecule has 1 saturated heterocycles. The molecule has 1 heterocycles. The Labute approximate surface area is 129 Å². The van der Waals surface area contributed by atoms with Crippen LogP contribution in [0.2, 0.25) is 0 Å². The molecule has 0 saturated carbocycles. The molecule has 0 bridgehead atoms. The Hall–Kier alpha value is -2.46. The predicted octanol–water partition coefficient (Wildman–Crippen LogP) is 2.67. The minimum Gasteiger partial charge on any atom is -0.299 e. The first-order chi connectivity index (χ1) is 10.7. The van der Waals surface area contributed by atoms with Gasteiger partial charge in [0.2, 0.25) is 5.91 Å². The van der Waals surface area contributed by atoms with Gasteiger partial charge in [0.25, 0.3) is 5.91 Å². The summed E-state index contributed by atoms with van der Waals surface area (Å²) in [5.74, 6) is -0.340. The van der Waals surface area contributed by atoms with E-state index in [0.717, 1.165) is 5.56 Å². The van der Waals surface area contributed by atoms with E-state index < -0.39 is 6.04 Å². The molecule has 4 nitrogen and oxygen atoms in total. The number of para-hydroxylation sites is 1. The summed E-state index contributed by atoms with van der Waals surface area (Å²) in [5, 5.41) is 3.26. The number of anilines is 1. The molecule has 1 aliphatic heterocycles. The molecule has 1 fully saturated rings. The fourth-order valence-corrected chi connectivity index (χ4v) is 2.75. The highest BCUT2D eigenvalue weighted by atomic mass is 16.2. The van der Waals surface area contributed by atoms with Gasteiger partial charge < -0.3 is 0 Å². The van der Waals surface area contributed by atoms with Crippen LogP contribution in [0.4, 0.5) is 5.69 Å². The number of nitrogens with zero attached hydrogens (tertiary/aromatic N) is 1. The van der Waals surface area contributed by atoms with E-state index in [9.17, 15) is 9.59 Å². The normalized spacial score (nSPS) is 19.5. The van der Waals surface area contributed by atoms with Crippen LogP contribution in [0.3, 0.4) is 0 Å². The number of carbonyl (C=O) groups is 2. The number of hydrogen-bond acceptors (Lipinski definition) is 3. The fourth-order valence-electron chi connectivity index (χ4n) is 2.75. The van der Waals surface area contributed by atoms with Crippen LogP contribution in [0.15, 0.2) is 60.7 Å². The van der Waals surface area contributed by atoms with Crippen molar-refractivity contribution in [3.05, 3.63) is 66.2 Å². The molecule has 22 heavy (non-hydrogen) atoms. The van der Waals surface area contributed by atoms with Crippen molar-refractivity contribution in [1.29, 1.82) is 0 Å². The summed E-state index contributed by atoms with van der Waals surface area (Å²) in [6.45, 7) is 2.00. The molecule has 112 valence electrons. The van der Waals surface area contributed by atoms with Gasteiger partial charge >= 0.3 is 0 Å². The zero-order valence-electron chi connectivity index (χ0n) is 12.4. The van der Waals surface area contributed by atoms with Crippen molar-refractivity contribution < 1.29 is 9.59 Å². The molecular formula is C18H18N2O2. The van der Waals surface area contributed by atoms with E-state index in [2.05, 4.69) is 5.32 Å². The largest absolute Gasteiger partial charge is 0.299 e. The maximum absolute atomic E-state index is 12.5. The highest BCUT2D eigenvalue weighted by Gasteiger charge is 2.39. The zero-order valence-corrected chi connectivity index (χ0v) is 12.4. The van der Waals surface area contributed by atoms with Crippen molar-refractivity contribution in [1.82, 2.24) is 5.32 Å². The molecule has 4 heteroatoms. The number of rotatable bonds is 4. The van der Waals surface area contributed by atoms with Crippen LogP contribution in [0.5, 0.6) is 0 Å². The molecule has 3 rings (SSSR count). The summed E-state index contributed by atoms with van der Waals surface area (Å²) >= 11 is 0. The van der Waals surface area contributed by atoms with Crippen molar-refractivity contribution in [2.75, 3.05) is 4.90 Å². The van der Waals surface area contributed by atoms with Crippen LogP contribution >= 0.6 is 0 Å². The lowest BCUT2D eigenvalue weighted by Crippen LogP contribution is -2.39. The van der Waals surface area contributed by atoms with Gasteiger partial charge in [0.15, 0.2) is 0 Å². The van der Waals surface area contributed by atoms with Gasteiger partial charge in [-0.05, 0) is 24.6 Å². The van der Waals surface area contributed by atoms with Gasteiger partial charge in [-0.1, -0.05) is 48.5 Å². The lowest BCUT2D eigenvalue weighted by atomic mass is 10.1. The molecule has 2 aromatic rings. The molecule has 1 aliphatic rings. The lowest BCUT2D eigenvalue weighted by molar-refractivity contribution is -0.121. The van der Waals surface area contributed by atoms with Gasteiger partial charge in [-0.2, -0.15) is 0 Å². The van der Waals surface area contributed by atoms with Crippen LogP contribution in [0, 0.1) is 0 Å². The molecule has 2 aromatic carbocycles. The Kier molecular flexibility index (Phi) is 4.02. The van der Waals surface area contributed by atoms with Crippen LogP contribution < -0.4 is 10.2 Å². The van der Waals surface area contributed by atoms with Gasteiger partial charge in [0.05, 0.1) is 18.2 Å². The average Bonchev–Trinajstić information content (AvgIpc) is 2.83. The van der Waals surface area contributed by atoms with Crippen LogP contribution in [0.25, 0.3) is 0 Å². The number of amides is 2. The van der Waals surface area contributed by atoms with Crippen LogP contribution in [-0.2, 0) is 9.59 Å². The summed E-state index contributed by atoms with van der Waals surface area (Å²) in [7, 11) is 0. The average molecular weight is 294 g/mol. The Morgan fingerprint density at radius 1 is 1.00 bits per heavy atom. The van der Waals surface area contributed by atoms with Crippen LogP contribution in [0.1, 0.15) is 24.9 Å². The van der Waals surface area contributed by atoms with Crippen molar-refractivity contribution in [3.8, 4) is 0 Å². The van der Waals surface area contributed by atoms with E-state index in [1.54, 1.807) is 12.1 Å². The second-order valence-electron chi connectivity index (χ2n) is 5.46. The Bertz CT molecular complexity index is 670. The number of imide groups is 1. The fraction of sp³-hybridized carbons (Fsp3) is 0.222. The first kappa shape index (κ1) is 14.5. The third-order valence-electron chi connectivity index (χ3n) is 3.91. The monoisotopic (exact) mass is 294 g/mol. The number of hydrogen-bond donors (Lipinski definition) is 1. The number of nitrogens with one attached hydrogen (secondary N) is 1. The maximum atomic E-state index is 12.5. The van der Waals surface area contributed by atoms with E-state index in [1.807, 2.05) is 55.5 Å². The molecule has 0 spiro atoms. The van der Waals surface area contributed by atoms with Gasteiger partial charge in [0.1, 0.15) is 0 Å². The highest BCUT2D eigenvalue weighted by molar-refractivity contribution is 6.22. The highest BCUT2D eigenvalue weighted by Crippen LogP contribution is 2.24. The molecule has 1 N–H and O–H groups in total. The van der Waals surface area contributed by atoms with Crippen LogP contribution in [-0.4, -0.2) is 17.9 Å². The smallest absolute Gasteiger partial charge is 0.251 e. The maximum Gasteiger partial charge on any atom is 0.251 e. The lowest BCUT2D eigenvalue weighted by Gasteiger charge is -2.19. The summed E-state index contributed by atoms with van der Waals surface area (Å²) in [6.07, 6.45) is 0.199. The van der Waals surface area contributed by atoms with E-state index in [0.29, 0.717) is 5.69 Å². The van der Waals surface area contributed by atoms with Crippen molar-refractivity contribution in [2.24, 2.45) is 0 Å². The molecular weight excluding hydrogens is 276 g/mol. The second kappa shape index (κ2) is 6.12. The van der Waals surface area contributed by atoms with Gasteiger partial charge in [0, 0.05) is 6.04 Å². The first-order valence-corrected chi connectivity index (χ1v) is 7.39. The van der Waals surface area contributed by atoms with Crippen molar-refractivity contribution in [3.63, 3.8) is 0 Å². The third kappa shape index (κ3) is 2.78. The minimum absolute atomic E-state index is 0.0127. The minimum atomic E-state index is -0.470. The summed E-state index contributed by atoms with van der Waals surface area (Å²) in [5.41, 5.74) is 1.73. The molecule has 2 amide bonds. The molecule has 0 aromatic heterocycles. The van der Waals surface area contributed by atoms with E-state index >= 15 is 0 Å². The third-order valence-corrected chi connectivity index (χ3v) is 3.91. The van der Waals surface area contributed by atoms with Crippen molar-refractivity contribution >= 4 is 17.5 Å². The topological polar surface area (TPSA) is 49.4 Å². The van der Waals surface area contributed by atoms with Gasteiger partial charge in [-0.3, -0.25) is 14.9 Å². The SMILES string of the molecule is C[C@@H](N[C@@H]1CC(=O)N(c2ccccc2)C1=O)c1ccccc1. The Morgan fingerprint density at radius 3 is 2.23 bits per heavy atom. The standard InChI is InChI=1S/C18H18N2O2/c1-13(14-8-4-2-5-9-14)19-16-12-17(21)20(18(16)22)15-10-6-3-7-11-15/h2-11,13,16,19H,12H2,1H3/t13-,16-/m1/s1. The van der Waals surface area contributed by atoms with Gasteiger partial charge in [-0.15, -0.1) is 0 Å². The molecule has 0 aliphatic carbocycles. The quantitative estimate of drug-likeness (QED) is 0.882. The van der Waals surface area contributed by atoms with Crippen molar-refractivity contribution in [2.45, 2.75) is 25.4 Å². The molecule has 0 radical (unpaired) electrons. The van der Waals surface area contributed by atoms with Gasteiger partial charge in [-0.25, -0.2) is 4.90 Å². The summed E-state index contributed by atoms with van der Waals surface area (Å²) < 4.78 is 0. The first-order valence-electron chi connectivity index (χ1n) is 7.39. The second-order valence-corrected chi connectivity index (χ2v) is 5.46.